The van der Waals surface area contributed by atoms with E-state index in [-0.39, 0.29) is 11.2 Å². The molecule has 1 saturated heterocycles. The molecule has 1 N–H and O–H groups in total. The first kappa shape index (κ1) is 17.2. The van der Waals surface area contributed by atoms with Crippen molar-refractivity contribution in [3.63, 3.8) is 0 Å². The second-order valence-corrected chi connectivity index (χ2v) is 9.92. The SMILES string of the molecule is CC(C)(C)c1nnc(NCc2cccc(N3CCCS3(=O)=O)c2)s1. The van der Waals surface area contributed by atoms with Gasteiger partial charge in [0.1, 0.15) is 5.01 Å². The first-order valence-electron chi connectivity index (χ1n) is 7.93. The molecule has 2 heterocycles. The minimum atomic E-state index is -3.14. The average Bonchev–Trinajstić information content (AvgIpc) is 3.11. The molecular formula is C16H22N4O2S2. The van der Waals surface area contributed by atoms with Crippen molar-refractivity contribution in [1.29, 1.82) is 0 Å². The van der Waals surface area contributed by atoms with E-state index in [0.29, 0.717) is 19.5 Å². The molecule has 0 amide bonds. The molecule has 0 atom stereocenters. The van der Waals surface area contributed by atoms with E-state index in [1.165, 1.54) is 4.31 Å². The van der Waals surface area contributed by atoms with E-state index >= 15 is 0 Å². The second kappa shape index (κ2) is 6.33. The lowest BCUT2D eigenvalue weighted by atomic mass is 9.98. The van der Waals surface area contributed by atoms with Crippen molar-refractivity contribution >= 4 is 32.2 Å². The third-order valence-corrected chi connectivity index (χ3v) is 6.98. The van der Waals surface area contributed by atoms with Crippen molar-refractivity contribution in [2.75, 3.05) is 21.9 Å². The fraction of sp³-hybridized carbons (Fsp3) is 0.500. The predicted octanol–water partition coefficient (Wildman–Crippen LogP) is 2.99. The van der Waals surface area contributed by atoms with Crippen LogP contribution in [0.4, 0.5) is 10.8 Å². The Balaban J connectivity index is 1.70. The molecular weight excluding hydrogens is 344 g/mol. The summed E-state index contributed by atoms with van der Waals surface area (Å²) in [5, 5.41) is 13.4. The van der Waals surface area contributed by atoms with Crippen LogP contribution in [0.5, 0.6) is 0 Å². The van der Waals surface area contributed by atoms with Gasteiger partial charge in [-0.3, -0.25) is 4.31 Å². The van der Waals surface area contributed by atoms with Crippen molar-refractivity contribution in [3.05, 3.63) is 34.8 Å². The number of sulfonamides is 1. The molecule has 3 rings (SSSR count). The minimum Gasteiger partial charge on any atom is -0.356 e. The highest BCUT2D eigenvalue weighted by Gasteiger charge is 2.28. The van der Waals surface area contributed by atoms with E-state index in [4.69, 9.17) is 0 Å². The van der Waals surface area contributed by atoms with Gasteiger partial charge < -0.3 is 5.32 Å². The molecule has 0 bridgehead atoms. The summed E-state index contributed by atoms with van der Waals surface area (Å²) < 4.78 is 25.6. The number of nitrogens with one attached hydrogen (secondary N) is 1. The van der Waals surface area contributed by atoms with Crippen LogP contribution in [-0.2, 0) is 22.0 Å². The molecule has 0 aliphatic carbocycles. The van der Waals surface area contributed by atoms with Crippen LogP contribution in [0.15, 0.2) is 24.3 Å². The van der Waals surface area contributed by atoms with E-state index in [1.54, 1.807) is 11.3 Å². The van der Waals surface area contributed by atoms with Gasteiger partial charge >= 0.3 is 0 Å². The number of hydrogen-bond donors (Lipinski definition) is 1. The molecule has 1 aliphatic rings. The molecule has 130 valence electrons. The molecule has 1 aromatic heterocycles. The summed E-state index contributed by atoms with van der Waals surface area (Å²) in [7, 11) is -3.14. The molecule has 0 radical (unpaired) electrons. The molecule has 2 aromatic rings. The highest BCUT2D eigenvalue weighted by Crippen LogP contribution is 2.28. The second-order valence-electron chi connectivity index (χ2n) is 6.93. The van der Waals surface area contributed by atoms with Crippen LogP contribution in [0, 0.1) is 0 Å². The van der Waals surface area contributed by atoms with E-state index in [1.807, 2.05) is 24.3 Å². The number of rotatable bonds is 4. The Hall–Kier alpha value is -1.67. The minimum absolute atomic E-state index is 0.0123. The van der Waals surface area contributed by atoms with Crippen LogP contribution in [0.1, 0.15) is 37.8 Å². The quantitative estimate of drug-likeness (QED) is 0.900. The van der Waals surface area contributed by atoms with Gasteiger partial charge in [0, 0.05) is 18.5 Å². The third-order valence-electron chi connectivity index (χ3n) is 3.81. The Morgan fingerprint density at radius 3 is 2.71 bits per heavy atom. The van der Waals surface area contributed by atoms with Gasteiger partial charge in [-0.05, 0) is 24.1 Å². The van der Waals surface area contributed by atoms with Crippen molar-refractivity contribution in [2.45, 2.75) is 39.2 Å². The summed E-state index contributed by atoms with van der Waals surface area (Å²) in [5.41, 5.74) is 1.74. The van der Waals surface area contributed by atoms with Crippen LogP contribution in [0.25, 0.3) is 0 Å². The zero-order valence-electron chi connectivity index (χ0n) is 14.1. The van der Waals surface area contributed by atoms with Crippen molar-refractivity contribution in [3.8, 4) is 0 Å². The lowest BCUT2D eigenvalue weighted by Crippen LogP contribution is -2.25. The third kappa shape index (κ3) is 3.70. The van der Waals surface area contributed by atoms with E-state index in [9.17, 15) is 8.42 Å². The number of benzene rings is 1. The van der Waals surface area contributed by atoms with E-state index in [0.717, 1.165) is 21.4 Å². The van der Waals surface area contributed by atoms with E-state index in [2.05, 4.69) is 36.3 Å². The lowest BCUT2D eigenvalue weighted by molar-refractivity contribution is 0.578. The molecule has 1 aliphatic heterocycles. The normalized spacial score (nSPS) is 17.2. The molecule has 8 heteroatoms. The number of hydrogen-bond acceptors (Lipinski definition) is 6. The van der Waals surface area contributed by atoms with Crippen LogP contribution in [0.2, 0.25) is 0 Å². The van der Waals surface area contributed by atoms with Gasteiger partial charge in [0.25, 0.3) is 0 Å². The molecule has 0 saturated carbocycles. The first-order valence-corrected chi connectivity index (χ1v) is 10.4. The van der Waals surface area contributed by atoms with Gasteiger partial charge in [-0.2, -0.15) is 0 Å². The molecule has 24 heavy (non-hydrogen) atoms. The fourth-order valence-corrected chi connectivity index (χ4v) is 4.88. The van der Waals surface area contributed by atoms with Crippen LogP contribution >= 0.6 is 11.3 Å². The average molecular weight is 367 g/mol. The predicted molar refractivity (Wildman–Crippen MR) is 98.1 cm³/mol. The Kier molecular flexibility index (Phi) is 4.52. The fourth-order valence-electron chi connectivity index (χ4n) is 2.53. The maximum absolute atomic E-state index is 12.0. The Bertz CT molecular complexity index is 825. The molecule has 0 spiro atoms. The Labute approximate surface area is 147 Å². The summed E-state index contributed by atoms with van der Waals surface area (Å²) in [4.78, 5) is 0. The highest BCUT2D eigenvalue weighted by molar-refractivity contribution is 7.93. The maximum atomic E-state index is 12.0. The number of nitrogens with zero attached hydrogens (tertiary/aromatic N) is 3. The molecule has 1 aromatic carbocycles. The first-order chi connectivity index (χ1) is 11.3. The topological polar surface area (TPSA) is 75.2 Å². The van der Waals surface area contributed by atoms with Crippen LogP contribution < -0.4 is 9.62 Å². The largest absolute Gasteiger partial charge is 0.356 e. The molecule has 6 nitrogen and oxygen atoms in total. The maximum Gasteiger partial charge on any atom is 0.235 e. The van der Waals surface area contributed by atoms with Crippen molar-refractivity contribution < 1.29 is 8.42 Å². The lowest BCUT2D eigenvalue weighted by Gasteiger charge is -2.17. The monoisotopic (exact) mass is 366 g/mol. The van der Waals surface area contributed by atoms with Gasteiger partial charge in [0.15, 0.2) is 0 Å². The van der Waals surface area contributed by atoms with Gasteiger partial charge in [0.2, 0.25) is 15.2 Å². The molecule has 0 unspecified atom stereocenters. The van der Waals surface area contributed by atoms with Gasteiger partial charge in [-0.1, -0.05) is 44.2 Å². The number of aromatic nitrogens is 2. The Morgan fingerprint density at radius 1 is 1.29 bits per heavy atom. The summed E-state index contributed by atoms with van der Waals surface area (Å²) in [6.07, 6.45) is 0.686. The van der Waals surface area contributed by atoms with Gasteiger partial charge in [-0.15, -0.1) is 10.2 Å². The summed E-state index contributed by atoms with van der Waals surface area (Å²) in [6, 6.07) is 7.63. The van der Waals surface area contributed by atoms with Crippen molar-refractivity contribution in [1.82, 2.24) is 10.2 Å². The summed E-state index contributed by atoms with van der Waals surface area (Å²) in [5.74, 6) is 0.232. The number of anilines is 2. The van der Waals surface area contributed by atoms with E-state index < -0.39 is 10.0 Å². The van der Waals surface area contributed by atoms with Crippen LogP contribution in [-0.4, -0.2) is 30.9 Å². The van der Waals surface area contributed by atoms with Gasteiger partial charge in [0.05, 0.1) is 11.4 Å². The highest BCUT2D eigenvalue weighted by atomic mass is 32.2. The summed E-state index contributed by atoms with van der Waals surface area (Å²) in [6.45, 7) is 7.47. The van der Waals surface area contributed by atoms with Crippen LogP contribution in [0.3, 0.4) is 0 Å². The van der Waals surface area contributed by atoms with Gasteiger partial charge in [-0.25, -0.2) is 8.42 Å². The Morgan fingerprint density at radius 2 is 2.08 bits per heavy atom. The zero-order valence-corrected chi connectivity index (χ0v) is 15.7. The molecule has 1 fully saturated rings. The standard InChI is InChI=1S/C16H22N4O2S2/c1-16(2,3)14-18-19-15(23-14)17-11-12-6-4-7-13(10-12)20-8-5-9-24(20,21)22/h4,6-7,10H,5,8-9,11H2,1-3H3,(H,17,19). The van der Waals surface area contributed by atoms with Crippen molar-refractivity contribution in [2.24, 2.45) is 0 Å². The smallest absolute Gasteiger partial charge is 0.235 e. The zero-order chi connectivity index (χ0) is 17.4. The summed E-state index contributed by atoms with van der Waals surface area (Å²) >= 11 is 1.55.